The van der Waals surface area contributed by atoms with Gasteiger partial charge in [0.2, 0.25) is 0 Å². The average Bonchev–Trinajstić information content (AvgIpc) is 2.41. The summed E-state index contributed by atoms with van der Waals surface area (Å²) in [6.45, 7) is 16.6. The minimum Gasteiger partial charge on any atom is -0.0996 e. The third-order valence-corrected chi connectivity index (χ3v) is 5.74. The summed E-state index contributed by atoms with van der Waals surface area (Å²) in [5, 5.41) is 0. The fourth-order valence-corrected chi connectivity index (χ4v) is 4.49. The molecule has 0 radical (unpaired) electrons. The SMILES string of the molecule is C=C(CC(C)CCCCC)C1C(C)CCC(C)C1CC. The lowest BCUT2D eigenvalue weighted by Gasteiger charge is -2.42. The van der Waals surface area contributed by atoms with Crippen LogP contribution in [0.5, 0.6) is 0 Å². The first-order valence-electron chi connectivity index (χ1n) is 9.18. The Morgan fingerprint density at radius 2 is 1.75 bits per heavy atom. The minimum absolute atomic E-state index is 0.789. The molecule has 1 aliphatic carbocycles. The van der Waals surface area contributed by atoms with Crippen molar-refractivity contribution in [1.82, 2.24) is 0 Å². The summed E-state index contributed by atoms with van der Waals surface area (Å²) >= 11 is 0. The van der Waals surface area contributed by atoms with Crippen molar-refractivity contribution in [2.75, 3.05) is 0 Å². The average molecular weight is 279 g/mol. The molecule has 0 aromatic rings. The van der Waals surface area contributed by atoms with Crippen molar-refractivity contribution in [3.8, 4) is 0 Å². The third-order valence-electron chi connectivity index (χ3n) is 5.74. The van der Waals surface area contributed by atoms with Gasteiger partial charge in [0.05, 0.1) is 0 Å². The van der Waals surface area contributed by atoms with Crippen molar-refractivity contribution in [1.29, 1.82) is 0 Å². The zero-order chi connectivity index (χ0) is 15.1. The van der Waals surface area contributed by atoms with Gasteiger partial charge < -0.3 is 0 Å². The predicted octanol–water partition coefficient (Wildman–Crippen LogP) is 6.86. The summed E-state index contributed by atoms with van der Waals surface area (Å²) in [6.07, 6.45) is 11.0. The molecule has 5 atom stereocenters. The van der Waals surface area contributed by atoms with E-state index in [1.165, 1.54) is 51.4 Å². The van der Waals surface area contributed by atoms with Crippen LogP contribution in [0.4, 0.5) is 0 Å². The summed E-state index contributed by atoms with van der Waals surface area (Å²) in [5.41, 5.74) is 1.57. The van der Waals surface area contributed by atoms with Crippen LogP contribution >= 0.6 is 0 Å². The first kappa shape index (κ1) is 17.8. The standard InChI is InChI=1S/C20H38/c1-7-9-10-11-15(3)14-18(6)20-17(5)13-12-16(4)19(20)8-2/h15-17,19-20H,6-14H2,1-5H3. The molecule has 0 nitrogen and oxygen atoms in total. The van der Waals surface area contributed by atoms with Crippen molar-refractivity contribution in [2.24, 2.45) is 29.6 Å². The van der Waals surface area contributed by atoms with E-state index in [9.17, 15) is 0 Å². The van der Waals surface area contributed by atoms with Crippen LogP contribution in [0.1, 0.15) is 86.0 Å². The highest BCUT2D eigenvalue weighted by molar-refractivity contribution is 5.07. The van der Waals surface area contributed by atoms with E-state index in [1.54, 1.807) is 5.57 Å². The van der Waals surface area contributed by atoms with E-state index in [-0.39, 0.29) is 0 Å². The van der Waals surface area contributed by atoms with Crippen molar-refractivity contribution in [2.45, 2.75) is 86.0 Å². The van der Waals surface area contributed by atoms with E-state index < -0.39 is 0 Å². The lowest BCUT2D eigenvalue weighted by molar-refractivity contribution is 0.126. The van der Waals surface area contributed by atoms with Crippen LogP contribution in [-0.2, 0) is 0 Å². The molecular formula is C20H38. The second-order valence-electron chi connectivity index (χ2n) is 7.59. The van der Waals surface area contributed by atoms with Crippen LogP contribution in [-0.4, -0.2) is 0 Å². The topological polar surface area (TPSA) is 0 Å². The minimum atomic E-state index is 0.789. The summed E-state index contributed by atoms with van der Waals surface area (Å²) in [6, 6.07) is 0. The highest BCUT2D eigenvalue weighted by Gasteiger charge is 2.35. The van der Waals surface area contributed by atoms with Crippen LogP contribution in [0.3, 0.4) is 0 Å². The van der Waals surface area contributed by atoms with E-state index >= 15 is 0 Å². The second-order valence-corrected chi connectivity index (χ2v) is 7.59. The van der Waals surface area contributed by atoms with E-state index in [1.807, 2.05) is 0 Å². The van der Waals surface area contributed by atoms with Gasteiger partial charge in [0.25, 0.3) is 0 Å². The van der Waals surface area contributed by atoms with Crippen molar-refractivity contribution in [3.05, 3.63) is 12.2 Å². The molecule has 1 aliphatic rings. The van der Waals surface area contributed by atoms with Gasteiger partial charge in [-0.15, -0.1) is 0 Å². The molecule has 5 unspecified atom stereocenters. The molecule has 0 aromatic heterocycles. The summed E-state index contributed by atoms with van der Waals surface area (Å²) in [4.78, 5) is 0. The Morgan fingerprint density at radius 1 is 1.10 bits per heavy atom. The number of allylic oxidation sites excluding steroid dienone is 1. The lowest BCUT2D eigenvalue weighted by atomic mass is 9.63. The van der Waals surface area contributed by atoms with E-state index in [0.29, 0.717) is 0 Å². The predicted molar refractivity (Wildman–Crippen MR) is 91.9 cm³/mol. The normalized spacial score (nSPS) is 32.0. The van der Waals surface area contributed by atoms with Crippen molar-refractivity contribution >= 4 is 0 Å². The lowest BCUT2D eigenvalue weighted by Crippen LogP contribution is -2.33. The molecule has 0 heterocycles. The van der Waals surface area contributed by atoms with Gasteiger partial charge in [-0.3, -0.25) is 0 Å². The van der Waals surface area contributed by atoms with Gasteiger partial charge in [-0.25, -0.2) is 0 Å². The maximum atomic E-state index is 4.53. The quantitative estimate of drug-likeness (QED) is 0.336. The number of hydrogen-bond acceptors (Lipinski definition) is 0. The van der Waals surface area contributed by atoms with Crippen molar-refractivity contribution < 1.29 is 0 Å². The summed E-state index contributed by atoms with van der Waals surface area (Å²) in [5.74, 6) is 4.25. The Kier molecular flexibility index (Phi) is 7.92. The first-order chi connectivity index (χ1) is 9.51. The van der Waals surface area contributed by atoms with Crippen LogP contribution < -0.4 is 0 Å². The van der Waals surface area contributed by atoms with Crippen LogP contribution in [0.25, 0.3) is 0 Å². The Labute approximate surface area is 128 Å². The van der Waals surface area contributed by atoms with Gasteiger partial charge in [-0.2, -0.15) is 0 Å². The van der Waals surface area contributed by atoms with Gasteiger partial charge in [-0.1, -0.05) is 85.3 Å². The van der Waals surface area contributed by atoms with E-state index in [0.717, 1.165) is 29.6 Å². The molecule has 0 spiro atoms. The van der Waals surface area contributed by atoms with Gasteiger partial charge >= 0.3 is 0 Å². The molecule has 0 heteroatoms. The van der Waals surface area contributed by atoms with Gasteiger partial charge in [0, 0.05) is 0 Å². The molecule has 118 valence electrons. The van der Waals surface area contributed by atoms with Crippen LogP contribution in [0, 0.1) is 29.6 Å². The van der Waals surface area contributed by atoms with E-state index in [4.69, 9.17) is 0 Å². The summed E-state index contributed by atoms with van der Waals surface area (Å²) in [7, 11) is 0. The maximum absolute atomic E-state index is 4.53. The first-order valence-corrected chi connectivity index (χ1v) is 9.18. The highest BCUT2D eigenvalue weighted by atomic mass is 14.4. The van der Waals surface area contributed by atoms with Crippen LogP contribution in [0.2, 0.25) is 0 Å². The Morgan fingerprint density at radius 3 is 2.35 bits per heavy atom. The summed E-state index contributed by atoms with van der Waals surface area (Å²) < 4.78 is 0. The van der Waals surface area contributed by atoms with Gasteiger partial charge in [0.1, 0.15) is 0 Å². The van der Waals surface area contributed by atoms with Gasteiger partial charge in [-0.05, 0) is 42.4 Å². The molecule has 1 fully saturated rings. The molecule has 0 aromatic carbocycles. The number of hydrogen-bond donors (Lipinski definition) is 0. The zero-order valence-corrected chi connectivity index (χ0v) is 14.8. The number of unbranched alkanes of at least 4 members (excludes halogenated alkanes) is 2. The smallest absolute Gasteiger partial charge is 0.0149 e. The van der Waals surface area contributed by atoms with Crippen molar-refractivity contribution in [3.63, 3.8) is 0 Å². The maximum Gasteiger partial charge on any atom is -0.0149 e. The molecule has 0 N–H and O–H groups in total. The molecule has 0 bridgehead atoms. The fourth-order valence-electron chi connectivity index (χ4n) is 4.49. The Bertz CT molecular complexity index is 278. The monoisotopic (exact) mass is 278 g/mol. The molecule has 0 saturated heterocycles. The largest absolute Gasteiger partial charge is 0.0996 e. The molecular weight excluding hydrogens is 240 g/mol. The van der Waals surface area contributed by atoms with Crippen LogP contribution in [0.15, 0.2) is 12.2 Å². The Balaban J connectivity index is 2.54. The fraction of sp³-hybridized carbons (Fsp3) is 0.900. The Hall–Kier alpha value is -0.260. The second kappa shape index (κ2) is 8.90. The molecule has 0 amide bonds. The molecule has 1 saturated carbocycles. The molecule has 0 aliphatic heterocycles. The highest BCUT2D eigenvalue weighted by Crippen LogP contribution is 2.45. The molecule has 1 rings (SSSR count). The van der Waals surface area contributed by atoms with Gasteiger partial charge in [0.15, 0.2) is 0 Å². The van der Waals surface area contributed by atoms with E-state index in [2.05, 4.69) is 41.2 Å². The third kappa shape index (κ3) is 4.93. The molecule has 20 heavy (non-hydrogen) atoms. The number of rotatable bonds is 8. The zero-order valence-electron chi connectivity index (χ0n) is 14.8.